The number of ether oxygens (including phenoxy) is 1. The number of halogens is 1. The number of nitrogens with one attached hydrogen (secondary N) is 3. The maximum Gasteiger partial charge on any atom is 0.312 e. The zero-order chi connectivity index (χ0) is 41.5. The van der Waals surface area contributed by atoms with Crippen molar-refractivity contribution in [1.29, 1.82) is 0 Å². The third-order valence-electron chi connectivity index (χ3n) is 10.5. The van der Waals surface area contributed by atoms with Gasteiger partial charge in [-0.05, 0) is 74.1 Å². The van der Waals surface area contributed by atoms with E-state index in [9.17, 15) is 33.6 Å². The molecular weight excluding hydrogens is 752 g/mol. The molecule has 1 fully saturated rings. The van der Waals surface area contributed by atoms with E-state index in [4.69, 9.17) is 22.1 Å². The molecule has 0 unspecified atom stereocenters. The highest BCUT2D eigenvalue weighted by Gasteiger charge is 2.38. The summed E-state index contributed by atoms with van der Waals surface area (Å²) in [5.41, 5.74) is 10.2. The Bertz CT molecular complexity index is 1800. The second kappa shape index (κ2) is 21.9. The van der Waals surface area contributed by atoms with Crippen molar-refractivity contribution < 1.29 is 38.3 Å². The summed E-state index contributed by atoms with van der Waals surface area (Å²) in [5, 5.41) is 8.09. The first-order valence-corrected chi connectivity index (χ1v) is 20.0. The van der Waals surface area contributed by atoms with Crippen molar-refractivity contribution in [3.8, 4) is 0 Å². The predicted molar refractivity (Wildman–Crippen MR) is 216 cm³/mol. The average Bonchev–Trinajstić information content (AvgIpc) is 3.62. The summed E-state index contributed by atoms with van der Waals surface area (Å²) in [4.78, 5) is 95.4. The SMILES string of the molecule is COC(=O)CC[C@H](NC(=O)CCl)C(=O)N1CCCC[C@H]1C(=O)N[C@@H](CC1=CCc2ccccc21)C(=O)C[C@@H](CCCNC(N)=O)C(=O)N(C)Cc1ccc(C)cc1. The van der Waals surface area contributed by atoms with Crippen molar-refractivity contribution in [2.45, 2.75) is 95.8 Å². The number of esters is 1. The fourth-order valence-corrected chi connectivity index (χ4v) is 7.50. The number of Topliss-reactive ketones (excluding diaryl/α,β-unsaturated/α-hetero) is 1. The number of carbonyl (C=O) groups excluding carboxylic acids is 7. The van der Waals surface area contributed by atoms with Crippen molar-refractivity contribution in [3.05, 3.63) is 76.9 Å². The van der Waals surface area contributed by atoms with Gasteiger partial charge >= 0.3 is 12.0 Å². The molecule has 0 spiro atoms. The van der Waals surface area contributed by atoms with Gasteiger partial charge in [-0.2, -0.15) is 0 Å². The molecule has 14 nitrogen and oxygen atoms in total. The number of primary amides is 1. The Hall–Kier alpha value is -5.24. The lowest BCUT2D eigenvalue weighted by Gasteiger charge is -2.37. The maximum atomic E-state index is 14.5. The normalized spacial score (nSPS) is 16.2. The lowest BCUT2D eigenvalue weighted by atomic mass is 9.89. The number of nitrogens with two attached hydrogens (primary N) is 1. The number of hydrogen-bond donors (Lipinski definition) is 4. The summed E-state index contributed by atoms with van der Waals surface area (Å²) in [7, 11) is 2.91. The molecule has 0 bridgehead atoms. The number of carbonyl (C=O) groups is 7. The van der Waals surface area contributed by atoms with E-state index in [1.165, 1.54) is 12.0 Å². The number of amides is 6. The molecule has 4 atom stereocenters. The Morgan fingerprint density at radius 2 is 1.72 bits per heavy atom. The zero-order valence-corrected chi connectivity index (χ0v) is 33.8. The molecule has 1 aliphatic carbocycles. The molecule has 15 heteroatoms. The third-order valence-corrected chi connectivity index (χ3v) is 10.8. The van der Waals surface area contributed by atoms with Gasteiger partial charge in [-0.15, -0.1) is 11.6 Å². The Morgan fingerprint density at radius 1 is 0.982 bits per heavy atom. The van der Waals surface area contributed by atoms with Gasteiger partial charge in [0.2, 0.25) is 23.6 Å². The first-order chi connectivity index (χ1) is 27.3. The van der Waals surface area contributed by atoms with Gasteiger partial charge in [-0.25, -0.2) is 4.79 Å². The molecular formula is C42H55ClN6O8. The number of allylic oxidation sites excluding steroid dienone is 1. The second-order valence-electron chi connectivity index (χ2n) is 14.7. The summed E-state index contributed by atoms with van der Waals surface area (Å²) in [6.07, 6.45) is 4.72. The van der Waals surface area contributed by atoms with Crippen molar-refractivity contribution in [2.24, 2.45) is 11.7 Å². The number of ketones is 1. The van der Waals surface area contributed by atoms with Crippen LogP contribution in [0, 0.1) is 12.8 Å². The number of nitrogens with zero attached hydrogens (tertiary/aromatic N) is 2. The molecule has 1 saturated heterocycles. The summed E-state index contributed by atoms with van der Waals surface area (Å²) in [6.45, 7) is 2.75. The summed E-state index contributed by atoms with van der Waals surface area (Å²) < 4.78 is 4.73. The largest absolute Gasteiger partial charge is 0.469 e. The third kappa shape index (κ3) is 13.2. The molecule has 1 heterocycles. The predicted octanol–water partition coefficient (Wildman–Crippen LogP) is 3.55. The average molecular weight is 807 g/mol. The number of fused-ring (bicyclic) bond motifs is 1. The zero-order valence-electron chi connectivity index (χ0n) is 33.0. The van der Waals surface area contributed by atoms with Crippen LogP contribution in [0.25, 0.3) is 5.57 Å². The number of methoxy groups -OCH3 is 1. The number of benzene rings is 2. The van der Waals surface area contributed by atoms with Gasteiger partial charge in [0.15, 0.2) is 5.78 Å². The van der Waals surface area contributed by atoms with Crippen molar-refractivity contribution in [1.82, 2.24) is 25.8 Å². The molecule has 5 N–H and O–H groups in total. The van der Waals surface area contributed by atoms with Crippen molar-refractivity contribution in [2.75, 3.05) is 33.1 Å². The minimum Gasteiger partial charge on any atom is -0.469 e. The van der Waals surface area contributed by atoms with Crippen LogP contribution < -0.4 is 21.7 Å². The fraction of sp³-hybridized carbons (Fsp3) is 0.500. The van der Waals surface area contributed by atoms with E-state index in [0.29, 0.717) is 38.6 Å². The molecule has 57 heavy (non-hydrogen) atoms. The number of urea groups is 1. The van der Waals surface area contributed by atoms with E-state index in [1.807, 2.05) is 61.5 Å². The number of piperidine rings is 1. The van der Waals surface area contributed by atoms with Crippen LogP contribution in [0.5, 0.6) is 0 Å². The van der Waals surface area contributed by atoms with Crippen LogP contribution >= 0.6 is 11.6 Å². The highest BCUT2D eigenvalue weighted by atomic mass is 35.5. The molecule has 1 aliphatic heterocycles. The standard InChI is InChI=1S/C42H55ClN6O8/c1-27-13-15-28(16-14-27)26-48(2)40(54)31(10-8-21-45-42(44)56)24-36(50)34(23-30-18-17-29-9-4-5-11-32(29)30)47-39(53)35-12-6-7-22-49(35)41(55)33(46-37(51)25-43)19-20-38(52)57-3/h4-5,9,11,13-16,18,31,33-35H,6-8,10,12,17,19-26H2,1-3H3,(H,46,51)(H,47,53)(H3,44,45,56)/t31-,33+,34+,35+/m1/s1. The van der Waals surface area contributed by atoms with Crippen LogP contribution in [0.4, 0.5) is 4.79 Å². The van der Waals surface area contributed by atoms with E-state index in [2.05, 4.69) is 16.0 Å². The quantitative estimate of drug-likeness (QED) is 0.0886. The summed E-state index contributed by atoms with van der Waals surface area (Å²) in [6, 6.07) is 11.8. The van der Waals surface area contributed by atoms with Gasteiger partial charge < -0.3 is 36.2 Å². The Morgan fingerprint density at radius 3 is 2.42 bits per heavy atom. The first kappa shape index (κ1) is 44.5. The molecule has 0 radical (unpaired) electrons. The van der Waals surface area contributed by atoms with Crippen LogP contribution in [-0.2, 0) is 46.5 Å². The first-order valence-electron chi connectivity index (χ1n) is 19.5. The summed E-state index contributed by atoms with van der Waals surface area (Å²) >= 11 is 5.73. The Balaban J connectivity index is 1.59. The van der Waals surface area contributed by atoms with Crippen molar-refractivity contribution >= 4 is 58.6 Å². The van der Waals surface area contributed by atoms with Gasteiger partial charge in [-0.1, -0.05) is 60.2 Å². The molecule has 4 rings (SSSR count). The van der Waals surface area contributed by atoms with Crippen LogP contribution in [-0.4, -0.2) is 102 Å². The molecule has 2 aliphatic rings. The summed E-state index contributed by atoms with van der Waals surface area (Å²) in [5.74, 6) is -4.01. The van der Waals surface area contributed by atoms with Gasteiger partial charge in [0.25, 0.3) is 0 Å². The van der Waals surface area contributed by atoms with E-state index in [-0.39, 0.29) is 56.9 Å². The lowest BCUT2D eigenvalue weighted by Crippen LogP contribution is -2.59. The van der Waals surface area contributed by atoms with Crippen LogP contribution in [0.2, 0.25) is 0 Å². The number of aryl methyl sites for hydroxylation is 1. The van der Waals surface area contributed by atoms with E-state index in [0.717, 1.165) is 27.8 Å². The Kier molecular flexibility index (Phi) is 17.1. The van der Waals surface area contributed by atoms with Crippen LogP contribution in [0.15, 0.2) is 54.6 Å². The number of likely N-dealkylation sites (tertiary alicyclic amines) is 1. The monoisotopic (exact) mass is 806 g/mol. The molecule has 308 valence electrons. The minimum atomic E-state index is -1.13. The fourth-order valence-electron chi connectivity index (χ4n) is 7.42. The van der Waals surface area contributed by atoms with Gasteiger partial charge in [-0.3, -0.25) is 28.8 Å². The number of rotatable bonds is 20. The highest BCUT2D eigenvalue weighted by Crippen LogP contribution is 2.32. The van der Waals surface area contributed by atoms with E-state index < -0.39 is 59.6 Å². The van der Waals surface area contributed by atoms with E-state index in [1.54, 1.807) is 11.9 Å². The molecule has 0 aromatic heterocycles. The molecule has 0 saturated carbocycles. The Labute approximate surface area is 339 Å². The van der Waals surface area contributed by atoms with Crippen molar-refractivity contribution in [3.63, 3.8) is 0 Å². The molecule has 6 amide bonds. The maximum absolute atomic E-state index is 14.5. The smallest absolute Gasteiger partial charge is 0.312 e. The molecule has 2 aromatic rings. The second-order valence-corrected chi connectivity index (χ2v) is 15.0. The van der Waals surface area contributed by atoms with Gasteiger partial charge in [0.1, 0.15) is 18.0 Å². The number of alkyl halides is 1. The van der Waals surface area contributed by atoms with E-state index >= 15 is 0 Å². The van der Waals surface area contributed by atoms with Gasteiger partial charge in [0, 0.05) is 51.9 Å². The minimum absolute atomic E-state index is 0.0591. The van der Waals surface area contributed by atoms with Gasteiger partial charge in [0.05, 0.1) is 13.2 Å². The highest BCUT2D eigenvalue weighted by molar-refractivity contribution is 6.27. The topological polar surface area (TPSA) is 197 Å². The molecule has 2 aromatic carbocycles. The van der Waals surface area contributed by atoms with Crippen LogP contribution in [0.3, 0.4) is 0 Å². The number of hydrogen-bond acceptors (Lipinski definition) is 8. The lowest BCUT2D eigenvalue weighted by molar-refractivity contribution is -0.146. The van der Waals surface area contributed by atoms with Crippen LogP contribution in [0.1, 0.15) is 80.0 Å².